The highest BCUT2D eigenvalue weighted by Gasteiger charge is 2.25. The summed E-state index contributed by atoms with van der Waals surface area (Å²) in [6, 6.07) is 2.16. The molecule has 4 nitrogen and oxygen atoms in total. The van der Waals surface area contributed by atoms with Crippen molar-refractivity contribution in [3.8, 4) is 0 Å². The Hall–Kier alpha value is -0.810. The molecule has 2 rings (SSSR count). The number of halogens is 1. The van der Waals surface area contributed by atoms with E-state index in [4.69, 9.17) is 0 Å². The van der Waals surface area contributed by atoms with Gasteiger partial charge in [0.25, 0.3) is 5.91 Å². The predicted molar refractivity (Wildman–Crippen MR) is 89.6 cm³/mol. The Morgan fingerprint density at radius 1 is 1.48 bits per heavy atom. The number of aromatic nitrogens is 1. The largest absolute Gasteiger partial charge is 0.343 e. The van der Waals surface area contributed by atoms with Crippen molar-refractivity contribution in [3.05, 3.63) is 22.4 Å². The van der Waals surface area contributed by atoms with Crippen LogP contribution in [0.2, 0.25) is 0 Å². The molecule has 0 aromatic carbocycles. The average Bonchev–Trinajstić information content (AvgIpc) is 2.86. The van der Waals surface area contributed by atoms with Gasteiger partial charge in [0.05, 0.1) is 0 Å². The molecular formula is C16H26BrN3O. The van der Waals surface area contributed by atoms with Crippen molar-refractivity contribution in [2.75, 3.05) is 19.6 Å². The van der Waals surface area contributed by atoms with Gasteiger partial charge in [-0.1, -0.05) is 0 Å². The molecule has 118 valence electrons. The minimum atomic E-state index is 0.149. The summed E-state index contributed by atoms with van der Waals surface area (Å²) in [6.07, 6.45) is 4.31. The maximum atomic E-state index is 12.9. The molecule has 5 heteroatoms. The Kier molecular flexibility index (Phi) is 5.88. The first-order valence-electron chi connectivity index (χ1n) is 7.90. The van der Waals surface area contributed by atoms with E-state index in [1.165, 1.54) is 0 Å². The second kappa shape index (κ2) is 7.45. The summed E-state index contributed by atoms with van der Waals surface area (Å²) >= 11 is 3.48. The van der Waals surface area contributed by atoms with Crippen LogP contribution in [-0.2, 0) is 6.54 Å². The van der Waals surface area contributed by atoms with Crippen molar-refractivity contribution in [2.24, 2.45) is 5.92 Å². The van der Waals surface area contributed by atoms with Crippen molar-refractivity contribution in [2.45, 2.75) is 46.2 Å². The quantitative estimate of drug-likeness (QED) is 0.880. The van der Waals surface area contributed by atoms with E-state index in [1.54, 1.807) is 0 Å². The van der Waals surface area contributed by atoms with Crippen LogP contribution in [0.1, 0.15) is 44.1 Å². The van der Waals surface area contributed by atoms with Gasteiger partial charge in [-0.15, -0.1) is 0 Å². The van der Waals surface area contributed by atoms with Gasteiger partial charge in [-0.3, -0.25) is 4.79 Å². The first-order valence-corrected chi connectivity index (χ1v) is 8.69. The molecule has 0 saturated carbocycles. The van der Waals surface area contributed by atoms with E-state index >= 15 is 0 Å². The van der Waals surface area contributed by atoms with E-state index in [0.29, 0.717) is 5.92 Å². The van der Waals surface area contributed by atoms with E-state index in [-0.39, 0.29) is 11.9 Å². The number of carbonyl (C=O) groups excluding carboxylic acids is 1. The van der Waals surface area contributed by atoms with Gasteiger partial charge in [0, 0.05) is 29.8 Å². The summed E-state index contributed by atoms with van der Waals surface area (Å²) in [5.41, 5.74) is 0.784. The molecular weight excluding hydrogens is 330 g/mol. The predicted octanol–water partition coefficient (Wildman–Crippen LogP) is 3.12. The molecule has 0 atom stereocenters. The highest BCUT2D eigenvalue weighted by atomic mass is 79.9. The molecule has 0 unspecified atom stereocenters. The summed E-state index contributed by atoms with van der Waals surface area (Å²) in [4.78, 5) is 15.0. The van der Waals surface area contributed by atoms with Gasteiger partial charge < -0.3 is 14.8 Å². The number of rotatable bonds is 5. The van der Waals surface area contributed by atoms with Gasteiger partial charge in [-0.05, 0) is 74.6 Å². The van der Waals surface area contributed by atoms with E-state index in [0.717, 1.165) is 49.2 Å². The molecule has 1 saturated heterocycles. The SMILES string of the molecule is CCn1cc(Br)cc1C(=O)N(CC1CCNCC1)C(C)C. The fraction of sp³-hybridized carbons (Fsp3) is 0.688. The lowest BCUT2D eigenvalue weighted by atomic mass is 9.97. The van der Waals surface area contributed by atoms with Crippen LogP contribution >= 0.6 is 15.9 Å². The van der Waals surface area contributed by atoms with Crippen molar-refractivity contribution >= 4 is 21.8 Å². The van der Waals surface area contributed by atoms with Gasteiger partial charge >= 0.3 is 0 Å². The molecule has 0 aliphatic carbocycles. The number of hydrogen-bond donors (Lipinski definition) is 1. The first-order chi connectivity index (χ1) is 10.0. The van der Waals surface area contributed by atoms with Crippen molar-refractivity contribution < 1.29 is 4.79 Å². The molecule has 0 bridgehead atoms. The lowest BCUT2D eigenvalue weighted by molar-refractivity contribution is 0.0647. The number of hydrogen-bond acceptors (Lipinski definition) is 2. The molecule has 0 radical (unpaired) electrons. The standard InChI is InChI=1S/C16H26BrN3O/c1-4-19-11-14(17)9-15(19)16(21)20(12(2)3)10-13-5-7-18-8-6-13/h9,11-13,18H,4-8,10H2,1-3H3. The monoisotopic (exact) mass is 355 g/mol. The zero-order valence-electron chi connectivity index (χ0n) is 13.2. The van der Waals surface area contributed by atoms with E-state index in [1.807, 2.05) is 21.7 Å². The number of carbonyl (C=O) groups is 1. The molecule has 1 amide bonds. The highest BCUT2D eigenvalue weighted by molar-refractivity contribution is 9.10. The minimum absolute atomic E-state index is 0.149. The van der Waals surface area contributed by atoms with Crippen LogP contribution in [0.5, 0.6) is 0 Å². The van der Waals surface area contributed by atoms with Gasteiger partial charge in [-0.25, -0.2) is 0 Å². The Bertz CT molecular complexity index is 478. The summed E-state index contributed by atoms with van der Waals surface area (Å²) in [6.45, 7) is 10.1. The van der Waals surface area contributed by atoms with Gasteiger partial charge in [0.15, 0.2) is 0 Å². The summed E-state index contributed by atoms with van der Waals surface area (Å²) in [5, 5.41) is 3.39. The fourth-order valence-electron chi connectivity index (χ4n) is 2.93. The number of nitrogens with one attached hydrogen (secondary N) is 1. The van der Waals surface area contributed by atoms with Crippen molar-refractivity contribution in [3.63, 3.8) is 0 Å². The average molecular weight is 356 g/mol. The van der Waals surface area contributed by atoms with Crippen LogP contribution in [0.15, 0.2) is 16.7 Å². The zero-order chi connectivity index (χ0) is 15.4. The third-order valence-electron chi connectivity index (χ3n) is 4.22. The summed E-state index contributed by atoms with van der Waals surface area (Å²) in [5.74, 6) is 0.766. The van der Waals surface area contributed by atoms with E-state index in [2.05, 4.69) is 42.0 Å². The molecule has 2 heterocycles. The normalized spacial score (nSPS) is 16.4. The Balaban J connectivity index is 2.14. The van der Waals surface area contributed by atoms with Crippen LogP contribution in [0.3, 0.4) is 0 Å². The minimum Gasteiger partial charge on any atom is -0.343 e. The third-order valence-corrected chi connectivity index (χ3v) is 4.65. The Morgan fingerprint density at radius 2 is 2.14 bits per heavy atom. The lowest BCUT2D eigenvalue weighted by Gasteiger charge is -2.33. The zero-order valence-corrected chi connectivity index (χ0v) is 14.8. The van der Waals surface area contributed by atoms with E-state index in [9.17, 15) is 4.79 Å². The molecule has 0 spiro atoms. The van der Waals surface area contributed by atoms with Crippen LogP contribution in [0, 0.1) is 5.92 Å². The second-order valence-electron chi connectivity index (χ2n) is 6.07. The molecule has 21 heavy (non-hydrogen) atoms. The van der Waals surface area contributed by atoms with Gasteiger partial charge in [0.1, 0.15) is 5.69 Å². The topological polar surface area (TPSA) is 37.3 Å². The highest BCUT2D eigenvalue weighted by Crippen LogP contribution is 2.20. The van der Waals surface area contributed by atoms with Crippen LogP contribution in [0.25, 0.3) is 0 Å². The van der Waals surface area contributed by atoms with Crippen LogP contribution in [0.4, 0.5) is 0 Å². The molecule has 1 aromatic heterocycles. The Morgan fingerprint density at radius 3 is 2.71 bits per heavy atom. The number of aryl methyl sites for hydroxylation is 1. The van der Waals surface area contributed by atoms with Crippen molar-refractivity contribution in [1.82, 2.24) is 14.8 Å². The Labute approximate surface area is 136 Å². The maximum Gasteiger partial charge on any atom is 0.270 e. The lowest BCUT2D eigenvalue weighted by Crippen LogP contribution is -2.43. The third kappa shape index (κ3) is 4.10. The number of nitrogens with zero attached hydrogens (tertiary/aromatic N) is 2. The summed E-state index contributed by atoms with van der Waals surface area (Å²) < 4.78 is 2.99. The van der Waals surface area contributed by atoms with E-state index < -0.39 is 0 Å². The smallest absolute Gasteiger partial charge is 0.270 e. The molecule has 1 aromatic rings. The number of amides is 1. The molecule has 1 aliphatic heterocycles. The molecule has 1 aliphatic rings. The van der Waals surface area contributed by atoms with Gasteiger partial charge in [0.2, 0.25) is 0 Å². The second-order valence-corrected chi connectivity index (χ2v) is 6.99. The first kappa shape index (κ1) is 16.6. The fourth-order valence-corrected chi connectivity index (χ4v) is 3.40. The van der Waals surface area contributed by atoms with Crippen LogP contribution < -0.4 is 5.32 Å². The molecule has 1 fully saturated rings. The molecule has 1 N–H and O–H groups in total. The number of piperidine rings is 1. The van der Waals surface area contributed by atoms with Crippen molar-refractivity contribution in [1.29, 1.82) is 0 Å². The maximum absolute atomic E-state index is 12.9. The summed E-state index contributed by atoms with van der Waals surface area (Å²) in [7, 11) is 0. The van der Waals surface area contributed by atoms with Crippen LogP contribution in [-0.4, -0.2) is 41.1 Å². The van der Waals surface area contributed by atoms with Gasteiger partial charge in [-0.2, -0.15) is 0 Å².